The van der Waals surface area contributed by atoms with Crippen LogP contribution in [-0.2, 0) is 37.9 Å². The Morgan fingerprint density at radius 1 is 0.710 bits per heavy atom. The summed E-state index contributed by atoms with van der Waals surface area (Å²) < 4.78 is 50.3. The number of aliphatic hydroxyl groups excluding tert-OH is 9. The molecule has 0 amide bonds. The summed E-state index contributed by atoms with van der Waals surface area (Å²) in [6.45, 7) is 12.0. The summed E-state index contributed by atoms with van der Waals surface area (Å²) in [5, 5.41) is 96.7. The molecule has 0 aromatic rings. The Kier molecular flexibility index (Phi) is 12.7. The Bertz CT molecular complexity index is 1640. The topological polar surface area (TPSA) is 256 Å². The van der Waals surface area contributed by atoms with Gasteiger partial charge in [-0.3, -0.25) is 0 Å². The van der Waals surface area contributed by atoms with Crippen molar-refractivity contribution in [1.29, 1.82) is 0 Å². The zero-order chi connectivity index (χ0) is 44.4. The van der Waals surface area contributed by atoms with E-state index in [0.717, 1.165) is 32.1 Å². The second-order valence-corrected chi connectivity index (χ2v) is 21.2. The smallest absolute Gasteiger partial charge is 0.187 e. The lowest BCUT2D eigenvalue weighted by Gasteiger charge is -2.59. The molecule has 3 saturated carbocycles. The minimum absolute atomic E-state index is 0.0647. The van der Waals surface area contributed by atoms with Crippen molar-refractivity contribution < 1.29 is 83.9 Å². The number of fused-ring (bicyclic) bond motifs is 7. The first-order valence-corrected chi connectivity index (χ1v) is 23.3. The Morgan fingerprint density at radius 3 is 1.98 bits per heavy atom. The van der Waals surface area contributed by atoms with Gasteiger partial charge in [0.2, 0.25) is 0 Å². The van der Waals surface area contributed by atoms with E-state index >= 15 is 0 Å². The molecule has 9 aliphatic rings. The lowest BCUT2D eigenvalue weighted by molar-refractivity contribution is -0.393. The van der Waals surface area contributed by atoms with Crippen LogP contribution in [0.2, 0.25) is 0 Å². The SMILES string of the molecule is C[C@@H]1O[C@H](O[C@@H]2[C@@H](O[C@H]3CC[C@@]4(C)C(=CC[C@H]5[C@@H]6C[C@@H]7O[C@@]8(C[C@H](O)[C@@H](C)CO8)[C@@H](C)[C@@H]7[C@]6(C)CC[C@@H]54)C3)O[C@@H](CO)[C@H](O)[C@H]2O[C@H]2O[C@@H](C)[C@H](O)[C@@H](O)[C@@H]2O)[C@@H](O)[C@H](O)[C@H]1O. The zero-order valence-electron chi connectivity index (χ0n) is 36.8. The largest absolute Gasteiger partial charge is 0.394 e. The summed E-state index contributed by atoms with van der Waals surface area (Å²) in [5.41, 5.74) is 1.35. The van der Waals surface area contributed by atoms with Gasteiger partial charge in [-0.25, -0.2) is 0 Å². The monoisotopic (exact) mass is 884 g/mol. The fourth-order valence-electron chi connectivity index (χ4n) is 14.0. The van der Waals surface area contributed by atoms with Crippen LogP contribution in [0.4, 0.5) is 0 Å². The van der Waals surface area contributed by atoms with E-state index < -0.39 is 117 Å². The third-order valence-electron chi connectivity index (χ3n) is 17.8. The van der Waals surface area contributed by atoms with Crippen LogP contribution in [0.15, 0.2) is 11.6 Å². The molecule has 27 atom stereocenters. The summed E-state index contributed by atoms with van der Waals surface area (Å²) in [6, 6.07) is 0. The highest BCUT2D eigenvalue weighted by molar-refractivity contribution is 5.26. The second-order valence-electron chi connectivity index (χ2n) is 21.2. The average Bonchev–Trinajstić information content (AvgIpc) is 3.69. The van der Waals surface area contributed by atoms with Crippen LogP contribution in [0.1, 0.15) is 92.9 Å². The van der Waals surface area contributed by atoms with Gasteiger partial charge in [-0.2, -0.15) is 0 Å². The molecule has 9 N–H and O–H groups in total. The third-order valence-corrected chi connectivity index (χ3v) is 17.8. The highest BCUT2D eigenvalue weighted by Gasteiger charge is 2.69. The number of ether oxygens (including phenoxy) is 8. The van der Waals surface area contributed by atoms with Gasteiger partial charge in [0.05, 0.1) is 43.7 Å². The van der Waals surface area contributed by atoms with Crippen LogP contribution in [-0.4, -0.2) is 175 Å². The molecule has 1 spiro atoms. The summed E-state index contributed by atoms with van der Waals surface area (Å²) in [6.07, 6.45) is -13.4. The number of aliphatic hydroxyl groups is 9. The Morgan fingerprint density at radius 2 is 1.35 bits per heavy atom. The minimum Gasteiger partial charge on any atom is -0.394 e. The Balaban J connectivity index is 0.936. The summed E-state index contributed by atoms with van der Waals surface area (Å²) in [5.74, 6) is 1.38. The van der Waals surface area contributed by atoms with Crippen molar-refractivity contribution in [3.63, 3.8) is 0 Å². The molecule has 0 aromatic heterocycles. The lowest BCUT2D eigenvalue weighted by Crippen LogP contribution is -2.67. The van der Waals surface area contributed by atoms with Crippen molar-refractivity contribution in [2.24, 2.45) is 46.3 Å². The molecule has 0 aromatic carbocycles. The van der Waals surface area contributed by atoms with Gasteiger partial charge in [-0.1, -0.05) is 39.3 Å². The first kappa shape index (κ1) is 46.2. The molecule has 354 valence electrons. The zero-order valence-corrected chi connectivity index (χ0v) is 36.8. The Labute approximate surface area is 363 Å². The molecular formula is C45H72O17. The minimum atomic E-state index is -1.74. The van der Waals surface area contributed by atoms with Crippen LogP contribution >= 0.6 is 0 Å². The summed E-state index contributed by atoms with van der Waals surface area (Å²) in [4.78, 5) is 0. The first-order valence-electron chi connectivity index (χ1n) is 23.3. The highest BCUT2D eigenvalue weighted by Crippen LogP contribution is 2.70. The van der Waals surface area contributed by atoms with E-state index in [2.05, 4.69) is 26.8 Å². The maximum absolute atomic E-state index is 11.6. The van der Waals surface area contributed by atoms with Crippen LogP contribution in [0.25, 0.3) is 0 Å². The quantitative estimate of drug-likeness (QED) is 0.155. The molecule has 5 heterocycles. The molecule has 0 bridgehead atoms. The summed E-state index contributed by atoms with van der Waals surface area (Å²) >= 11 is 0. The van der Waals surface area contributed by atoms with Crippen molar-refractivity contribution in [2.75, 3.05) is 13.2 Å². The fraction of sp³-hybridized carbons (Fsp3) is 0.956. The number of allylic oxidation sites excluding steroid dienone is 1. The third kappa shape index (κ3) is 7.40. The standard InChI is InChI=1S/C45H72O17/c1-18-17-55-45(15-27(18)47)19(2)30-28(62-45)14-26-24-8-7-22-13-23(9-11-43(22,5)25(24)10-12-44(26,30)6)58-42-39(61-41-37(54)35(52)32(49)21(4)57-41)38(33(50)29(16-46)59-42)60-40-36(53)34(51)31(48)20(3)56-40/h7,18-21,23-42,46-54H,8-17H2,1-6H3/t18-,19-,20-,21-,23-,24+,25-,26-,27-,28-,29-,30-,31-,32-,33-,34+,35+,36-,37-,38+,39-,40+,41+,42-,43-,44+,45-/m0/s1. The van der Waals surface area contributed by atoms with Crippen molar-refractivity contribution >= 4 is 0 Å². The lowest BCUT2D eigenvalue weighted by atomic mass is 9.47. The van der Waals surface area contributed by atoms with E-state index in [1.807, 2.05) is 6.92 Å². The van der Waals surface area contributed by atoms with Crippen molar-refractivity contribution in [1.82, 2.24) is 0 Å². The molecule has 17 nitrogen and oxygen atoms in total. The molecule has 5 saturated heterocycles. The second kappa shape index (κ2) is 17.0. The van der Waals surface area contributed by atoms with Crippen LogP contribution in [0, 0.1) is 46.3 Å². The molecular weight excluding hydrogens is 812 g/mol. The van der Waals surface area contributed by atoms with Crippen LogP contribution in [0.3, 0.4) is 0 Å². The highest BCUT2D eigenvalue weighted by atomic mass is 16.8. The molecule has 0 radical (unpaired) electrons. The van der Waals surface area contributed by atoms with Crippen molar-refractivity contribution in [3.05, 3.63) is 11.6 Å². The molecule has 0 unspecified atom stereocenters. The molecule has 9 rings (SSSR count). The van der Waals surface area contributed by atoms with Gasteiger partial charge in [-0.15, -0.1) is 0 Å². The van der Waals surface area contributed by atoms with Gasteiger partial charge in [0.25, 0.3) is 0 Å². The van der Waals surface area contributed by atoms with Gasteiger partial charge >= 0.3 is 0 Å². The van der Waals surface area contributed by atoms with Gasteiger partial charge in [-0.05, 0) is 93.3 Å². The van der Waals surface area contributed by atoms with E-state index in [0.29, 0.717) is 49.5 Å². The molecule has 4 aliphatic carbocycles. The van der Waals surface area contributed by atoms with Crippen molar-refractivity contribution in [3.8, 4) is 0 Å². The average molecular weight is 885 g/mol. The predicted molar refractivity (Wildman–Crippen MR) is 214 cm³/mol. The van der Waals surface area contributed by atoms with E-state index in [1.165, 1.54) is 19.4 Å². The van der Waals surface area contributed by atoms with E-state index in [4.69, 9.17) is 37.9 Å². The van der Waals surface area contributed by atoms with Gasteiger partial charge in [0.15, 0.2) is 24.7 Å². The predicted octanol–water partition coefficient (Wildman–Crippen LogP) is 0.213. The van der Waals surface area contributed by atoms with Crippen LogP contribution < -0.4 is 0 Å². The number of hydrogen-bond donors (Lipinski definition) is 9. The molecule has 62 heavy (non-hydrogen) atoms. The van der Waals surface area contributed by atoms with E-state index in [9.17, 15) is 46.0 Å². The normalized spacial score (nSPS) is 58.9. The molecule has 17 heteroatoms. The first-order chi connectivity index (χ1) is 29.3. The number of rotatable bonds is 7. The summed E-state index contributed by atoms with van der Waals surface area (Å²) in [7, 11) is 0. The van der Waals surface area contributed by atoms with Crippen LogP contribution in [0.5, 0.6) is 0 Å². The maximum atomic E-state index is 11.6. The molecule has 8 fully saturated rings. The molecule has 5 aliphatic heterocycles. The fourth-order valence-corrected chi connectivity index (χ4v) is 14.0. The maximum Gasteiger partial charge on any atom is 0.187 e. The van der Waals surface area contributed by atoms with Gasteiger partial charge in [0.1, 0.15) is 61.0 Å². The number of hydrogen-bond acceptors (Lipinski definition) is 17. The van der Waals surface area contributed by atoms with Gasteiger partial charge in [0, 0.05) is 18.3 Å². The van der Waals surface area contributed by atoms with E-state index in [-0.39, 0.29) is 28.8 Å². The van der Waals surface area contributed by atoms with Crippen molar-refractivity contribution in [2.45, 2.75) is 209 Å². The Hall–Kier alpha value is -0.940. The van der Waals surface area contributed by atoms with E-state index in [1.54, 1.807) is 0 Å². The van der Waals surface area contributed by atoms with Gasteiger partial charge < -0.3 is 83.9 Å².